The van der Waals surface area contributed by atoms with Crippen molar-refractivity contribution in [3.8, 4) is 0 Å². The van der Waals surface area contributed by atoms with E-state index in [4.69, 9.17) is 11.6 Å². The standard InChI is InChI=1S/C12H17ClN2O/c1-8(15-12(16)9(2)14-3)10-5-4-6-11(13)7-10/h4-9,14H,1-3H3,(H,15,16). The van der Waals surface area contributed by atoms with Gasteiger partial charge in [-0.15, -0.1) is 0 Å². The molecular formula is C12H17ClN2O. The number of nitrogens with one attached hydrogen (secondary N) is 2. The summed E-state index contributed by atoms with van der Waals surface area (Å²) in [5, 5.41) is 6.49. The van der Waals surface area contributed by atoms with E-state index in [0.29, 0.717) is 5.02 Å². The van der Waals surface area contributed by atoms with Gasteiger partial charge in [0.1, 0.15) is 0 Å². The van der Waals surface area contributed by atoms with Crippen LogP contribution in [-0.4, -0.2) is 19.0 Å². The van der Waals surface area contributed by atoms with Gasteiger partial charge in [0.25, 0.3) is 0 Å². The van der Waals surface area contributed by atoms with Crippen LogP contribution in [0.2, 0.25) is 5.02 Å². The molecule has 0 heterocycles. The molecule has 4 heteroatoms. The molecule has 0 saturated carbocycles. The third-order valence-corrected chi connectivity index (χ3v) is 2.77. The molecule has 2 atom stereocenters. The summed E-state index contributed by atoms with van der Waals surface area (Å²) in [5.74, 6) is -0.0185. The Kier molecular flexibility index (Phi) is 4.77. The van der Waals surface area contributed by atoms with Crippen LogP contribution >= 0.6 is 11.6 Å². The van der Waals surface area contributed by atoms with Gasteiger partial charge >= 0.3 is 0 Å². The first-order valence-electron chi connectivity index (χ1n) is 5.27. The number of rotatable bonds is 4. The Labute approximate surface area is 101 Å². The number of hydrogen-bond acceptors (Lipinski definition) is 2. The van der Waals surface area contributed by atoms with Gasteiger partial charge in [-0.05, 0) is 38.6 Å². The van der Waals surface area contributed by atoms with Crippen molar-refractivity contribution in [1.82, 2.24) is 10.6 Å². The zero-order valence-corrected chi connectivity index (χ0v) is 10.5. The minimum Gasteiger partial charge on any atom is -0.348 e. The largest absolute Gasteiger partial charge is 0.348 e. The van der Waals surface area contributed by atoms with E-state index in [1.165, 1.54) is 0 Å². The summed E-state index contributed by atoms with van der Waals surface area (Å²) in [6, 6.07) is 7.26. The summed E-state index contributed by atoms with van der Waals surface area (Å²) in [6.07, 6.45) is 0. The summed E-state index contributed by atoms with van der Waals surface area (Å²) in [7, 11) is 1.76. The van der Waals surface area contributed by atoms with Crippen LogP contribution in [0.25, 0.3) is 0 Å². The summed E-state index contributed by atoms with van der Waals surface area (Å²) in [5.41, 5.74) is 1.00. The summed E-state index contributed by atoms with van der Waals surface area (Å²) >= 11 is 5.89. The minimum absolute atomic E-state index is 0.0185. The Bertz CT molecular complexity index is 368. The summed E-state index contributed by atoms with van der Waals surface area (Å²) in [6.45, 7) is 3.76. The highest BCUT2D eigenvalue weighted by molar-refractivity contribution is 6.30. The first-order chi connectivity index (χ1) is 7.54. The Hall–Kier alpha value is -1.06. The Morgan fingerprint density at radius 1 is 1.38 bits per heavy atom. The lowest BCUT2D eigenvalue weighted by atomic mass is 10.1. The van der Waals surface area contributed by atoms with E-state index in [1.54, 1.807) is 7.05 Å². The van der Waals surface area contributed by atoms with E-state index >= 15 is 0 Å². The monoisotopic (exact) mass is 240 g/mol. The topological polar surface area (TPSA) is 41.1 Å². The fourth-order valence-corrected chi connectivity index (χ4v) is 1.53. The molecule has 2 unspecified atom stereocenters. The lowest BCUT2D eigenvalue weighted by Crippen LogP contribution is -2.41. The number of amides is 1. The van der Waals surface area contributed by atoms with Gasteiger partial charge < -0.3 is 10.6 Å². The highest BCUT2D eigenvalue weighted by atomic mass is 35.5. The zero-order valence-electron chi connectivity index (χ0n) is 9.75. The van der Waals surface area contributed by atoms with Crippen molar-refractivity contribution in [3.05, 3.63) is 34.9 Å². The van der Waals surface area contributed by atoms with Crippen LogP contribution in [0.1, 0.15) is 25.5 Å². The molecule has 1 aromatic carbocycles. The quantitative estimate of drug-likeness (QED) is 0.847. The second kappa shape index (κ2) is 5.87. The molecule has 0 aliphatic carbocycles. The molecule has 16 heavy (non-hydrogen) atoms. The molecule has 3 nitrogen and oxygen atoms in total. The maximum absolute atomic E-state index is 11.6. The number of likely N-dealkylation sites (N-methyl/N-ethyl adjacent to an activating group) is 1. The average Bonchev–Trinajstić information content (AvgIpc) is 2.27. The SMILES string of the molecule is CNC(C)C(=O)NC(C)c1cccc(Cl)c1. The van der Waals surface area contributed by atoms with Crippen LogP contribution in [0.5, 0.6) is 0 Å². The fraction of sp³-hybridized carbons (Fsp3) is 0.417. The first kappa shape index (κ1) is 13.0. The fourth-order valence-electron chi connectivity index (χ4n) is 1.33. The van der Waals surface area contributed by atoms with Crippen molar-refractivity contribution < 1.29 is 4.79 Å². The van der Waals surface area contributed by atoms with Gasteiger partial charge in [-0.25, -0.2) is 0 Å². The first-order valence-corrected chi connectivity index (χ1v) is 5.65. The van der Waals surface area contributed by atoms with E-state index in [-0.39, 0.29) is 18.0 Å². The van der Waals surface area contributed by atoms with Crippen molar-refractivity contribution in [3.63, 3.8) is 0 Å². The van der Waals surface area contributed by atoms with E-state index in [0.717, 1.165) is 5.56 Å². The van der Waals surface area contributed by atoms with Gasteiger partial charge in [0.15, 0.2) is 0 Å². The van der Waals surface area contributed by atoms with E-state index in [2.05, 4.69) is 10.6 Å². The lowest BCUT2D eigenvalue weighted by molar-refractivity contribution is -0.123. The van der Waals surface area contributed by atoms with E-state index in [9.17, 15) is 4.79 Å². The molecule has 0 aromatic heterocycles. The normalized spacial score (nSPS) is 14.2. The van der Waals surface area contributed by atoms with Crippen LogP contribution in [0, 0.1) is 0 Å². The number of carbonyl (C=O) groups excluding carboxylic acids is 1. The minimum atomic E-state index is -0.193. The molecule has 0 aliphatic rings. The predicted molar refractivity (Wildman–Crippen MR) is 66.5 cm³/mol. The molecule has 88 valence electrons. The van der Waals surface area contributed by atoms with Gasteiger partial charge in [-0.2, -0.15) is 0 Å². The van der Waals surface area contributed by atoms with Gasteiger partial charge in [-0.1, -0.05) is 23.7 Å². The van der Waals surface area contributed by atoms with Crippen molar-refractivity contribution >= 4 is 17.5 Å². The van der Waals surface area contributed by atoms with Crippen LogP contribution in [-0.2, 0) is 4.79 Å². The molecule has 0 fully saturated rings. The zero-order chi connectivity index (χ0) is 12.1. The third kappa shape index (κ3) is 3.51. The Morgan fingerprint density at radius 2 is 2.06 bits per heavy atom. The Balaban J connectivity index is 2.65. The van der Waals surface area contributed by atoms with E-state index in [1.807, 2.05) is 38.1 Å². The van der Waals surface area contributed by atoms with Gasteiger partial charge in [0.2, 0.25) is 5.91 Å². The van der Waals surface area contributed by atoms with Crippen LogP contribution in [0.15, 0.2) is 24.3 Å². The van der Waals surface area contributed by atoms with Gasteiger partial charge in [-0.3, -0.25) is 4.79 Å². The molecule has 0 spiro atoms. The average molecular weight is 241 g/mol. The second-order valence-corrected chi connectivity index (χ2v) is 4.23. The van der Waals surface area contributed by atoms with Crippen molar-refractivity contribution in [2.45, 2.75) is 25.9 Å². The molecule has 1 amide bonds. The van der Waals surface area contributed by atoms with Crippen molar-refractivity contribution in [2.24, 2.45) is 0 Å². The van der Waals surface area contributed by atoms with Crippen LogP contribution < -0.4 is 10.6 Å². The maximum Gasteiger partial charge on any atom is 0.237 e. The molecule has 0 radical (unpaired) electrons. The van der Waals surface area contributed by atoms with Crippen molar-refractivity contribution in [1.29, 1.82) is 0 Å². The molecule has 2 N–H and O–H groups in total. The number of carbonyl (C=O) groups is 1. The maximum atomic E-state index is 11.6. The van der Waals surface area contributed by atoms with Crippen LogP contribution in [0.4, 0.5) is 0 Å². The second-order valence-electron chi connectivity index (χ2n) is 3.80. The van der Waals surface area contributed by atoms with E-state index < -0.39 is 0 Å². The lowest BCUT2D eigenvalue weighted by Gasteiger charge is -2.17. The number of benzene rings is 1. The number of hydrogen-bond donors (Lipinski definition) is 2. The number of halogens is 1. The molecule has 0 aliphatic heterocycles. The molecule has 0 saturated heterocycles. The van der Waals surface area contributed by atoms with Gasteiger partial charge in [0, 0.05) is 5.02 Å². The smallest absolute Gasteiger partial charge is 0.237 e. The summed E-state index contributed by atoms with van der Waals surface area (Å²) < 4.78 is 0. The third-order valence-electron chi connectivity index (χ3n) is 2.53. The molecule has 1 rings (SSSR count). The predicted octanol–water partition coefficient (Wildman–Crippen LogP) is 2.13. The molecule has 0 bridgehead atoms. The van der Waals surface area contributed by atoms with Crippen molar-refractivity contribution in [2.75, 3.05) is 7.05 Å². The van der Waals surface area contributed by atoms with Crippen LogP contribution in [0.3, 0.4) is 0 Å². The molecule has 1 aromatic rings. The van der Waals surface area contributed by atoms with Gasteiger partial charge in [0.05, 0.1) is 12.1 Å². The highest BCUT2D eigenvalue weighted by Crippen LogP contribution is 2.17. The highest BCUT2D eigenvalue weighted by Gasteiger charge is 2.14. The summed E-state index contributed by atoms with van der Waals surface area (Å²) in [4.78, 5) is 11.6. The molecular weight excluding hydrogens is 224 g/mol. The Morgan fingerprint density at radius 3 is 2.62 bits per heavy atom.